The van der Waals surface area contributed by atoms with Crippen LogP contribution in [0.3, 0.4) is 0 Å². The molecule has 0 saturated heterocycles. The molecule has 0 aliphatic heterocycles. The Morgan fingerprint density at radius 3 is 2.48 bits per heavy atom. The minimum absolute atomic E-state index is 0.293. The molecule has 0 aliphatic carbocycles. The highest BCUT2D eigenvalue weighted by atomic mass is 14.9. The third-order valence-corrected chi connectivity index (χ3v) is 4.50. The van der Waals surface area contributed by atoms with E-state index in [1.165, 1.54) is 10.8 Å². The zero-order chi connectivity index (χ0) is 18.5. The van der Waals surface area contributed by atoms with Crippen LogP contribution in [-0.2, 0) is 13.0 Å². The summed E-state index contributed by atoms with van der Waals surface area (Å²) >= 11 is 0. The maximum Gasteiger partial charge on any atom is 0.159 e. The number of rotatable bonds is 6. The Hall–Kier alpha value is -3.18. The highest BCUT2D eigenvalue weighted by Crippen LogP contribution is 2.21. The Morgan fingerprint density at radius 1 is 0.889 bits per heavy atom. The summed E-state index contributed by atoms with van der Waals surface area (Å²) in [5.41, 5.74) is 3.08. The van der Waals surface area contributed by atoms with Crippen molar-refractivity contribution in [3.05, 3.63) is 84.7 Å². The lowest BCUT2D eigenvalue weighted by atomic mass is 10.1. The van der Waals surface area contributed by atoms with Gasteiger partial charge in [0.25, 0.3) is 0 Å². The van der Waals surface area contributed by atoms with E-state index in [4.69, 9.17) is 0 Å². The van der Waals surface area contributed by atoms with Gasteiger partial charge < -0.3 is 5.32 Å². The molecule has 0 unspecified atom stereocenters. The van der Waals surface area contributed by atoms with Crippen LogP contribution in [0.2, 0.25) is 0 Å². The molecule has 2 aromatic carbocycles. The fourth-order valence-electron chi connectivity index (χ4n) is 3.04. The average molecular weight is 355 g/mol. The van der Waals surface area contributed by atoms with Gasteiger partial charge in [0.05, 0.1) is 5.69 Å². The van der Waals surface area contributed by atoms with Crippen LogP contribution < -0.4 is 5.32 Å². The molecular weight excluding hydrogens is 334 g/mol. The Labute approximate surface area is 158 Å². The van der Waals surface area contributed by atoms with Gasteiger partial charge in [-0.05, 0) is 23.8 Å². The first-order chi connectivity index (χ1) is 13.3. The van der Waals surface area contributed by atoms with Crippen molar-refractivity contribution < 1.29 is 0 Å². The molecule has 1 N–H and O–H groups in total. The largest absolute Gasteiger partial charge is 0.310 e. The van der Waals surface area contributed by atoms with E-state index in [2.05, 4.69) is 62.5 Å². The summed E-state index contributed by atoms with van der Waals surface area (Å²) in [6.07, 6.45) is 9.83. The minimum Gasteiger partial charge on any atom is -0.310 e. The normalized spacial score (nSPS) is 12.2. The van der Waals surface area contributed by atoms with Gasteiger partial charge in [-0.15, -0.1) is 0 Å². The molecular formula is C22H21N5. The standard InChI is InChI=1S/C22H21N5/c1-16(10-21-15-23-8-9-24-21)25-12-17-13-26-22(27-14-17)20-7-6-18-4-2-3-5-19(18)11-20/h2-9,11,13-16,25H,10,12H2,1H3/t16-/m1/s1. The zero-order valence-electron chi connectivity index (χ0n) is 15.2. The van der Waals surface area contributed by atoms with Gasteiger partial charge >= 0.3 is 0 Å². The fraction of sp³-hybridized carbons (Fsp3) is 0.182. The monoisotopic (exact) mass is 355 g/mol. The van der Waals surface area contributed by atoms with Gasteiger partial charge in [0.2, 0.25) is 0 Å². The molecule has 1 atom stereocenters. The predicted octanol–water partition coefficient (Wildman–Crippen LogP) is 3.81. The van der Waals surface area contributed by atoms with Crippen LogP contribution in [-0.4, -0.2) is 26.0 Å². The van der Waals surface area contributed by atoms with E-state index in [-0.39, 0.29) is 0 Å². The third-order valence-electron chi connectivity index (χ3n) is 4.50. The van der Waals surface area contributed by atoms with Crippen LogP contribution in [0.15, 0.2) is 73.4 Å². The smallest absolute Gasteiger partial charge is 0.159 e. The number of hydrogen-bond donors (Lipinski definition) is 1. The van der Waals surface area contributed by atoms with Crippen LogP contribution in [0.25, 0.3) is 22.2 Å². The molecule has 2 aromatic heterocycles. The molecule has 0 saturated carbocycles. The molecule has 27 heavy (non-hydrogen) atoms. The first kappa shape index (κ1) is 17.2. The highest BCUT2D eigenvalue weighted by Gasteiger charge is 2.06. The Bertz CT molecular complexity index is 1020. The second-order valence-corrected chi connectivity index (χ2v) is 6.66. The summed E-state index contributed by atoms with van der Waals surface area (Å²) < 4.78 is 0. The van der Waals surface area contributed by atoms with Crippen LogP contribution >= 0.6 is 0 Å². The SMILES string of the molecule is C[C@H](Cc1cnccn1)NCc1cnc(-c2ccc3ccccc3c2)nc1. The Morgan fingerprint density at radius 2 is 1.70 bits per heavy atom. The Balaban J connectivity index is 1.39. The number of nitrogens with zero attached hydrogens (tertiary/aromatic N) is 4. The van der Waals surface area contributed by atoms with Gasteiger partial charge in [0, 0.05) is 61.1 Å². The number of aromatic nitrogens is 4. The van der Waals surface area contributed by atoms with Gasteiger partial charge in [-0.1, -0.05) is 36.4 Å². The van der Waals surface area contributed by atoms with Crippen molar-refractivity contribution in [3.63, 3.8) is 0 Å². The van der Waals surface area contributed by atoms with Gasteiger partial charge in [0.15, 0.2) is 5.82 Å². The maximum absolute atomic E-state index is 4.54. The topological polar surface area (TPSA) is 63.6 Å². The van der Waals surface area contributed by atoms with Crippen molar-refractivity contribution in [1.82, 2.24) is 25.3 Å². The molecule has 5 nitrogen and oxygen atoms in total. The molecule has 0 radical (unpaired) electrons. The van der Waals surface area contributed by atoms with E-state index in [9.17, 15) is 0 Å². The maximum atomic E-state index is 4.54. The lowest BCUT2D eigenvalue weighted by Gasteiger charge is -2.13. The second kappa shape index (κ2) is 8.01. The van der Waals surface area contributed by atoms with E-state index in [0.29, 0.717) is 6.04 Å². The lowest BCUT2D eigenvalue weighted by molar-refractivity contribution is 0.538. The van der Waals surface area contributed by atoms with Gasteiger partial charge in [-0.25, -0.2) is 9.97 Å². The van der Waals surface area contributed by atoms with Crippen LogP contribution in [0.4, 0.5) is 0 Å². The zero-order valence-corrected chi connectivity index (χ0v) is 15.2. The number of nitrogens with one attached hydrogen (secondary N) is 1. The van der Waals surface area contributed by atoms with Crippen LogP contribution in [0.5, 0.6) is 0 Å². The molecule has 0 fully saturated rings. The van der Waals surface area contributed by atoms with Crippen molar-refractivity contribution in [3.8, 4) is 11.4 Å². The molecule has 5 heteroatoms. The van der Waals surface area contributed by atoms with Crippen LogP contribution in [0, 0.1) is 0 Å². The summed E-state index contributed by atoms with van der Waals surface area (Å²) in [7, 11) is 0. The first-order valence-corrected chi connectivity index (χ1v) is 9.06. The minimum atomic E-state index is 0.293. The van der Waals surface area contributed by atoms with E-state index in [1.54, 1.807) is 18.6 Å². The summed E-state index contributed by atoms with van der Waals surface area (Å²) in [5, 5.41) is 5.90. The molecule has 0 bridgehead atoms. The first-order valence-electron chi connectivity index (χ1n) is 9.06. The Kier molecular flexibility index (Phi) is 5.12. The van der Waals surface area contributed by atoms with E-state index in [1.807, 2.05) is 24.5 Å². The molecule has 4 aromatic rings. The molecule has 0 spiro atoms. The summed E-state index contributed by atoms with van der Waals surface area (Å²) in [6.45, 7) is 2.86. The molecule has 2 heterocycles. The quantitative estimate of drug-likeness (QED) is 0.570. The van der Waals surface area contributed by atoms with E-state index >= 15 is 0 Å². The summed E-state index contributed by atoms with van der Waals surface area (Å²) in [4.78, 5) is 17.5. The predicted molar refractivity (Wildman–Crippen MR) is 107 cm³/mol. The van der Waals surface area contributed by atoms with Gasteiger partial charge in [-0.2, -0.15) is 0 Å². The van der Waals surface area contributed by atoms with Crippen molar-refractivity contribution in [1.29, 1.82) is 0 Å². The molecule has 134 valence electrons. The summed E-state index contributed by atoms with van der Waals surface area (Å²) in [6, 6.07) is 14.9. The summed E-state index contributed by atoms with van der Waals surface area (Å²) in [5.74, 6) is 0.747. The fourth-order valence-corrected chi connectivity index (χ4v) is 3.04. The highest BCUT2D eigenvalue weighted by molar-refractivity contribution is 5.86. The second-order valence-electron chi connectivity index (χ2n) is 6.66. The molecule has 0 aliphatic rings. The van der Waals surface area contributed by atoms with Gasteiger partial charge in [-0.3, -0.25) is 9.97 Å². The lowest BCUT2D eigenvalue weighted by Crippen LogP contribution is -2.28. The van der Waals surface area contributed by atoms with Crippen molar-refractivity contribution in [2.45, 2.75) is 25.9 Å². The average Bonchev–Trinajstić information content (AvgIpc) is 2.73. The van der Waals surface area contributed by atoms with Crippen molar-refractivity contribution >= 4 is 10.8 Å². The molecule has 0 amide bonds. The van der Waals surface area contributed by atoms with E-state index in [0.717, 1.165) is 35.6 Å². The van der Waals surface area contributed by atoms with Gasteiger partial charge in [0.1, 0.15) is 0 Å². The number of hydrogen-bond acceptors (Lipinski definition) is 5. The third kappa shape index (κ3) is 4.33. The number of fused-ring (bicyclic) bond motifs is 1. The van der Waals surface area contributed by atoms with Crippen LogP contribution in [0.1, 0.15) is 18.2 Å². The number of benzene rings is 2. The van der Waals surface area contributed by atoms with Crippen molar-refractivity contribution in [2.24, 2.45) is 0 Å². The van der Waals surface area contributed by atoms with Crippen molar-refractivity contribution in [2.75, 3.05) is 0 Å². The van der Waals surface area contributed by atoms with E-state index < -0.39 is 0 Å². The molecule has 4 rings (SSSR count).